The van der Waals surface area contributed by atoms with E-state index in [1.54, 1.807) is 36.1 Å². The van der Waals surface area contributed by atoms with E-state index in [4.69, 9.17) is 4.42 Å². The molecular formula is C22H19N3O4S2. The Morgan fingerprint density at radius 1 is 1.10 bits per heavy atom. The molecule has 1 amide bonds. The molecule has 2 heterocycles. The lowest BCUT2D eigenvalue weighted by molar-refractivity contribution is 0.102. The molecule has 0 unspecified atom stereocenters. The first-order valence-electron chi connectivity index (χ1n) is 9.33. The third-order valence-corrected chi connectivity index (χ3v) is 7.28. The van der Waals surface area contributed by atoms with Crippen molar-refractivity contribution in [2.45, 2.75) is 11.4 Å². The van der Waals surface area contributed by atoms with Gasteiger partial charge in [0, 0.05) is 30.2 Å². The summed E-state index contributed by atoms with van der Waals surface area (Å²) in [4.78, 5) is 16.9. The number of furan rings is 1. The Kier molecular flexibility index (Phi) is 5.99. The van der Waals surface area contributed by atoms with Crippen LogP contribution in [0.2, 0.25) is 0 Å². The summed E-state index contributed by atoms with van der Waals surface area (Å²) in [7, 11) is -2.12. The second kappa shape index (κ2) is 8.84. The zero-order valence-electron chi connectivity index (χ0n) is 16.6. The normalized spacial score (nSPS) is 11.5. The summed E-state index contributed by atoms with van der Waals surface area (Å²) < 4.78 is 32.0. The Labute approximate surface area is 184 Å². The molecule has 0 fully saturated rings. The van der Waals surface area contributed by atoms with Gasteiger partial charge in [-0.25, -0.2) is 13.4 Å². The number of rotatable bonds is 7. The lowest BCUT2D eigenvalue weighted by Gasteiger charge is -2.17. The van der Waals surface area contributed by atoms with Gasteiger partial charge in [0.1, 0.15) is 17.0 Å². The molecule has 4 rings (SSSR count). The Morgan fingerprint density at radius 2 is 1.84 bits per heavy atom. The van der Waals surface area contributed by atoms with E-state index >= 15 is 0 Å². The van der Waals surface area contributed by atoms with E-state index in [0.717, 1.165) is 11.1 Å². The summed E-state index contributed by atoms with van der Waals surface area (Å²) >= 11 is 1.34. The SMILES string of the molecule is CN(Cc1ccccc1)S(=O)(=O)c1ccc(NC(=O)c2csc(-c3ccoc3)n2)cc1. The Balaban J connectivity index is 1.43. The first-order valence-corrected chi connectivity index (χ1v) is 11.7. The minimum Gasteiger partial charge on any atom is -0.472 e. The largest absolute Gasteiger partial charge is 0.472 e. The van der Waals surface area contributed by atoms with Crippen LogP contribution < -0.4 is 5.32 Å². The molecule has 0 aliphatic rings. The molecule has 0 spiro atoms. The van der Waals surface area contributed by atoms with Crippen molar-refractivity contribution in [2.24, 2.45) is 0 Å². The Morgan fingerprint density at radius 3 is 2.52 bits per heavy atom. The van der Waals surface area contributed by atoms with E-state index in [-0.39, 0.29) is 23.0 Å². The number of nitrogens with zero attached hydrogens (tertiary/aromatic N) is 2. The molecule has 31 heavy (non-hydrogen) atoms. The minimum atomic E-state index is -3.66. The molecule has 0 saturated heterocycles. The van der Waals surface area contributed by atoms with Crippen LogP contribution in [0.3, 0.4) is 0 Å². The highest BCUT2D eigenvalue weighted by Crippen LogP contribution is 2.25. The molecule has 2 aromatic heterocycles. The van der Waals surface area contributed by atoms with Gasteiger partial charge in [0.05, 0.1) is 11.2 Å². The fraction of sp³-hybridized carbons (Fsp3) is 0.0909. The second-order valence-electron chi connectivity index (χ2n) is 6.78. The van der Waals surface area contributed by atoms with Gasteiger partial charge in [-0.3, -0.25) is 4.79 Å². The van der Waals surface area contributed by atoms with E-state index in [0.29, 0.717) is 10.7 Å². The second-order valence-corrected chi connectivity index (χ2v) is 9.68. The van der Waals surface area contributed by atoms with Crippen LogP contribution in [0.15, 0.2) is 87.9 Å². The van der Waals surface area contributed by atoms with Crippen molar-refractivity contribution in [3.05, 3.63) is 89.8 Å². The van der Waals surface area contributed by atoms with Crippen LogP contribution >= 0.6 is 11.3 Å². The molecule has 0 saturated carbocycles. The molecule has 2 aromatic carbocycles. The van der Waals surface area contributed by atoms with Gasteiger partial charge in [-0.2, -0.15) is 4.31 Å². The summed E-state index contributed by atoms with van der Waals surface area (Å²) in [6.45, 7) is 0.268. The summed E-state index contributed by atoms with van der Waals surface area (Å²) in [5, 5.41) is 5.08. The number of sulfonamides is 1. The zero-order chi connectivity index (χ0) is 21.8. The predicted octanol–water partition coefficient (Wildman–Crippen LogP) is 4.48. The average molecular weight is 454 g/mol. The molecule has 0 aliphatic carbocycles. The van der Waals surface area contributed by atoms with Crippen LogP contribution in [-0.4, -0.2) is 30.7 Å². The van der Waals surface area contributed by atoms with Gasteiger partial charge in [-0.15, -0.1) is 11.3 Å². The molecular weight excluding hydrogens is 434 g/mol. The van der Waals surface area contributed by atoms with Gasteiger partial charge in [0.25, 0.3) is 5.91 Å². The number of aromatic nitrogens is 1. The molecule has 7 nitrogen and oxygen atoms in total. The van der Waals surface area contributed by atoms with Crippen molar-refractivity contribution in [3.8, 4) is 10.6 Å². The lowest BCUT2D eigenvalue weighted by Crippen LogP contribution is -2.26. The van der Waals surface area contributed by atoms with Crippen molar-refractivity contribution < 1.29 is 17.6 Å². The number of benzene rings is 2. The molecule has 1 N–H and O–H groups in total. The van der Waals surface area contributed by atoms with E-state index in [1.165, 1.54) is 34.8 Å². The van der Waals surface area contributed by atoms with Crippen LogP contribution in [-0.2, 0) is 16.6 Å². The monoisotopic (exact) mass is 453 g/mol. The van der Waals surface area contributed by atoms with Crippen LogP contribution in [0.25, 0.3) is 10.6 Å². The van der Waals surface area contributed by atoms with Gasteiger partial charge in [-0.05, 0) is 35.9 Å². The number of anilines is 1. The maximum atomic E-state index is 12.8. The van der Waals surface area contributed by atoms with Gasteiger partial charge < -0.3 is 9.73 Å². The average Bonchev–Trinajstić information content (AvgIpc) is 3.47. The van der Waals surface area contributed by atoms with Crippen molar-refractivity contribution in [1.29, 1.82) is 0 Å². The highest BCUT2D eigenvalue weighted by atomic mass is 32.2. The Bertz CT molecular complexity index is 1270. The van der Waals surface area contributed by atoms with Crippen molar-refractivity contribution in [3.63, 3.8) is 0 Å². The number of nitrogens with one attached hydrogen (secondary N) is 1. The van der Waals surface area contributed by atoms with E-state index in [2.05, 4.69) is 10.3 Å². The van der Waals surface area contributed by atoms with E-state index in [9.17, 15) is 13.2 Å². The number of hydrogen-bond acceptors (Lipinski definition) is 6. The summed E-state index contributed by atoms with van der Waals surface area (Å²) in [6.07, 6.45) is 3.11. The predicted molar refractivity (Wildman–Crippen MR) is 119 cm³/mol. The topological polar surface area (TPSA) is 92.5 Å². The van der Waals surface area contributed by atoms with Crippen molar-refractivity contribution >= 4 is 33.0 Å². The van der Waals surface area contributed by atoms with Crippen LogP contribution in [0, 0.1) is 0 Å². The number of amides is 1. The first-order chi connectivity index (χ1) is 14.9. The molecule has 0 atom stereocenters. The molecule has 0 bridgehead atoms. The number of carbonyl (C=O) groups excluding carboxylic acids is 1. The molecule has 158 valence electrons. The molecule has 9 heteroatoms. The van der Waals surface area contributed by atoms with Crippen LogP contribution in [0.5, 0.6) is 0 Å². The molecule has 4 aromatic rings. The van der Waals surface area contributed by atoms with Gasteiger partial charge in [-0.1, -0.05) is 30.3 Å². The van der Waals surface area contributed by atoms with Crippen molar-refractivity contribution in [1.82, 2.24) is 9.29 Å². The highest BCUT2D eigenvalue weighted by Gasteiger charge is 2.21. The van der Waals surface area contributed by atoms with Gasteiger partial charge >= 0.3 is 0 Å². The standard InChI is InChI=1S/C22H19N3O4S2/c1-25(13-16-5-3-2-4-6-16)31(27,28)19-9-7-18(8-10-19)23-21(26)20-15-30-22(24-20)17-11-12-29-14-17/h2-12,14-15H,13H2,1H3,(H,23,26). The van der Waals surface area contributed by atoms with Gasteiger partial charge in [0.2, 0.25) is 10.0 Å². The van der Waals surface area contributed by atoms with Crippen LogP contribution in [0.4, 0.5) is 5.69 Å². The fourth-order valence-electron chi connectivity index (χ4n) is 2.91. The number of hydrogen-bond donors (Lipinski definition) is 1. The highest BCUT2D eigenvalue weighted by molar-refractivity contribution is 7.89. The maximum Gasteiger partial charge on any atom is 0.275 e. The van der Waals surface area contributed by atoms with E-state index in [1.807, 2.05) is 30.3 Å². The number of thiazole rings is 1. The summed E-state index contributed by atoms with van der Waals surface area (Å²) in [6, 6.07) is 17.2. The Hall–Kier alpha value is -3.27. The minimum absolute atomic E-state index is 0.153. The third-order valence-electron chi connectivity index (χ3n) is 4.57. The maximum absolute atomic E-state index is 12.8. The zero-order valence-corrected chi connectivity index (χ0v) is 18.2. The fourth-order valence-corrected chi connectivity index (χ4v) is 4.85. The quantitative estimate of drug-likeness (QED) is 0.446. The first kappa shape index (κ1) is 21.0. The lowest BCUT2D eigenvalue weighted by atomic mass is 10.2. The summed E-state index contributed by atoms with van der Waals surface area (Å²) in [5.74, 6) is -0.372. The smallest absolute Gasteiger partial charge is 0.275 e. The van der Waals surface area contributed by atoms with Crippen molar-refractivity contribution in [2.75, 3.05) is 12.4 Å². The number of carbonyl (C=O) groups is 1. The van der Waals surface area contributed by atoms with Crippen LogP contribution in [0.1, 0.15) is 16.1 Å². The van der Waals surface area contributed by atoms with E-state index < -0.39 is 10.0 Å². The summed E-state index contributed by atoms with van der Waals surface area (Å²) in [5.41, 5.74) is 2.46. The third kappa shape index (κ3) is 4.74. The molecule has 0 radical (unpaired) electrons. The van der Waals surface area contributed by atoms with Gasteiger partial charge in [0.15, 0.2) is 0 Å². The molecule has 0 aliphatic heterocycles.